The summed E-state index contributed by atoms with van der Waals surface area (Å²) in [5.74, 6) is -0.602. The molecule has 5 nitrogen and oxygen atoms in total. The maximum absolute atomic E-state index is 12.1. The minimum absolute atomic E-state index is 0.00880. The van der Waals surface area contributed by atoms with E-state index in [9.17, 15) is 9.90 Å². The Bertz CT molecular complexity index is 452. The molecule has 0 aliphatic heterocycles. The Balaban J connectivity index is 2.91. The first-order valence-corrected chi connectivity index (χ1v) is 6.26. The third-order valence-electron chi connectivity index (χ3n) is 3.08. The Labute approximate surface area is 113 Å². The number of nitrogen functional groups attached to an aromatic ring is 1. The summed E-state index contributed by atoms with van der Waals surface area (Å²) < 4.78 is 0. The van der Waals surface area contributed by atoms with Gasteiger partial charge in [0, 0.05) is 12.6 Å². The zero-order chi connectivity index (χ0) is 14.6. The highest BCUT2D eigenvalue weighted by Gasteiger charge is 2.27. The van der Waals surface area contributed by atoms with E-state index in [2.05, 4.69) is 5.32 Å². The second-order valence-corrected chi connectivity index (χ2v) is 5.65. The molecule has 0 radical (unpaired) electrons. The maximum Gasteiger partial charge on any atom is 0.255 e. The van der Waals surface area contributed by atoms with E-state index in [1.807, 2.05) is 20.8 Å². The fourth-order valence-corrected chi connectivity index (χ4v) is 1.83. The SMILES string of the molecule is CC(C)(C)C(CCO)NC(=O)c1cccc(N)c1O. The summed E-state index contributed by atoms with van der Waals surface area (Å²) in [6, 6.07) is 4.47. The first-order valence-electron chi connectivity index (χ1n) is 6.26. The molecule has 106 valence electrons. The predicted molar refractivity (Wildman–Crippen MR) is 74.9 cm³/mol. The van der Waals surface area contributed by atoms with Crippen LogP contribution in [0.4, 0.5) is 5.69 Å². The van der Waals surface area contributed by atoms with Crippen molar-refractivity contribution in [1.82, 2.24) is 5.32 Å². The van der Waals surface area contributed by atoms with Crippen LogP contribution in [0.5, 0.6) is 5.75 Å². The number of amides is 1. The average Bonchev–Trinajstić information content (AvgIpc) is 2.30. The highest BCUT2D eigenvalue weighted by molar-refractivity contribution is 5.98. The quantitative estimate of drug-likeness (QED) is 0.490. The van der Waals surface area contributed by atoms with E-state index in [0.29, 0.717) is 6.42 Å². The van der Waals surface area contributed by atoms with E-state index in [4.69, 9.17) is 10.8 Å². The van der Waals surface area contributed by atoms with E-state index >= 15 is 0 Å². The van der Waals surface area contributed by atoms with Crippen LogP contribution >= 0.6 is 0 Å². The number of nitrogens with two attached hydrogens (primary N) is 1. The lowest BCUT2D eigenvalue weighted by molar-refractivity contribution is 0.0882. The summed E-state index contributed by atoms with van der Waals surface area (Å²) in [7, 11) is 0. The third-order valence-corrected chi connectivity index (χ3v) is 3.08. The van der Waals surface area contributed by atoms with Crippen molar-refractivity contribution in [1.29, 1.82) is 0 Å². The summed E-state index contributed by atoms with van der Waals surface area (Å²) in [6.07, 6.45) is 0.457. The van der Waals surface area contributed by atoms with Gasteiger partial charge in [-0.25, -0.2) is 0 Å². The molecule has 0 aliphatic rings. The van der Waals surface area contributed by atoms with Crippen LogP contribution < -0.4 is 11.1 Å². The molecule has 0 spiro atoms. The lowest BCUT2D eigenvalue weighted by atomic mass is 9.84. The molecule has 1 aromatic carbocycles. The van der Waals surface area contributed by atoms with Gasteiger partial charge < -0.3 is 21.3 Å². The fraction of sp³-hybridized carbons (Fsp3) is 0.500. The Morgan fingerprint density at radius 3 is 2.58 bits per heavy atom. The van der Waals surface area contributed by atoms with Crippen molar-refractivity contribution in [2.24, 2.45) is 5.41 Å². The smallest absolute Gasteiger partial charge is 0.255 e. The Kier molecular flexibility index (Phi) is 4.78. The molecule has 0 aromatic heterocycles. The largest absolute Gasteiger partial charge is 0.505 e. The van der Waals surface area contributed by atoms with Gasteiger partial charge in [-0.3, -0.25) is 4.79 Å². The number of hydrogen-bond acceptors (Lipinski definition) is 4. The molecule has 0 heterocycles. The molecule has 19 heavy (non-hydrogen) atoms. The third kappa shape index (κ3) is 3.86. The molecule has 5 heteroatoms. The van der Waals surface area contributed by atoms with Gasteiger partial charge in [-0.15, -0.1) is 0 Å². The molecule has 1 rings (SSSR count). The number of phenols is 1. The molecule has 0 saturated carbocycles. The van der Waals surface area contributed by atoms with Gasteiger partial charge in [-0.1, -0.05) is 26.8 Å². The number of aromatic hydroxyl groups is 1. The molecule has 1 atom stereocenters. The standard InChI is InChI=1S/C14H22N2O3/c1-14(2,3)11(7-8-17)16-13(19)9-5-4-6-10(15)12(9)18/h4-6,11,17-18H,7-8,15H2,1-3H3,(H,16,19). The number of anilines is 1. The normalized spacial score (nSPS) is 13.1. The minimum atomic E-state index is -0.391. The maximum atomic E-state index is 12.1. The van der Waals surface area contributed by atoms with Gasteiger partial charge in [0.2, 0.25) is 0 Å². The van der Waals surface area contributed by atoms with Crippen molar-refractivity contribution in [3.05, 3.63) is 23.8 Å². The average molecular weight is 266 g/mol. The molecule has 0 aliphatic carbocycles. The Morgan fingerprint density at radius 1 is 1.42 bits per heavy atom. The summed E-state index contributed by atoms with van der Waals surface area (Å²) in [5, 5.41) is 21.7. The lowest BCUT2D eigenvalue weighted by Gasteiger charge is -2.31. The van der Waals surface area contributed by atoms with E-state index in [1.54, 1.807) is 6.07 Å². The summed E-state index contributed by atoms with van der Waals surface area (Å²) in [4.78, 5) is 12.1. The molecular formula is C14H22N2O3. The zero-order valence-electron chi connectivity index (χ0n) is 11.6. The topological polar surface area (TPSA) is 95.6 Å². The summed E-state index contributed by atoms with van der Waals surface area (Å²) >= 11 is 0. The van der Waals surface area contributed by atoms with Gasteiger partial charge in [-0.2, -0.15) is 0 Å². The molecule has 0 bridgehead atoms. The van der Waals surface area contributed by atoms with Crippen LogP contribution in [0.15, 0.2) is 18.2 Å². The van der Waals surface area contributed by atoms with Gasteiger partial charge in [0.05, 0.1) is 11.3 Å². The molecule has 1 amide bonds. The number of carbonyl (C=O) groups excluding carboxylic acids is 1. The van der Waals surface area contributed by atoms with Gasteiger partial charge >= 0.3 is 0 Å². The van der Waals surface area contributed by atoms with Crippen molar-refractivity contribution < 1.29 is 15.0 Å². The number of para-hydroxylation sites is 1. The molecule has 5 N–H and O–H groups in total. The van der Waals surface area contributed by atoms with Crippen molar-refractivity contribution in [2.45, 2.75) is 33.2 Å². The van der Waals surface area contributed by atoms with Gasteiger partial charge in [0.1, 0.15) is 0 Å². The van der Waals surface area contributed by atoms with E-state index < -0.39 is 5.91 Å². The highest BCUT2D eigenvalue weighted by Crippen LogP contribution is 2.26. The minimum Gasteiger partial charge on any atom is -0.505 e. The van der Waals surface area contributed by atoms with Crippen LogP contribution in [-0.2, 0) is 0 Å². The second-order valence-electron chi connectivity index (χ2n) is 5.65. The van der Waals surface area contributed by atoms with Crippen LogP contribution in [-0.4, -0.2) is 28.8 Å². The number of aliphatic hydroxyl groups excluding tert-OH is 1. The zero-order valence-corrected chi connectivity index (χ0v) is 11.6. The number of aliphatic hydroxyl groups is 1. The highest BCUT2D eigenvalue weighted by atomic mass is 16.3. The van der Waals surface area contributed by atoms with Crippen LogP contribution in [0, 0.1) is 5.41 Å². The number of carbonyl (C=O) groups is 1. The van der Waals surface area contributed by atoms with Crippen LogP contribution in [0.3, 0.4) is 0 Å². The second kappa shape index (κ2) is 5.93. The molecule has 0 saturated heterocycles. The number of phenolic OH excluding ortho intramolecular Hbond substituents is 1. The number of rotatable bonds is 4. The van der Waals surface area contributed by atoms with Crippen molar-refractivity contribution >= 4 is 11.6 Å². The summed E-state index contributed by atoms with van der Waals surface area (Å²) in [6.45, 7) is 5.93. The van der Waals surface area contributed by atoms with E-state index in [1.165, 1.54) is 12.1 Å². The van der Waals surface area contributed by atoms with Gasteiger partial charge in [0.15, 0.2) is 5.75 Å². The molecule has 1 aromatic rings. The summed E-state index contributed by atoms with van der Waals surface area (Å²) in [5.41, 5.74) is 5.69. The van der Waals surface area contributed by atoms with E-state index in [-0.39, 0.29) is 35.1 Å². The van der Waals surface area contributed by atoms with Gasteiger partial charge in [0.25, 0.3) is 5.91 Å². The number of benzene rings is 1. The fourth-order valence-electron chi connectivity index (χ4n) is 1.83. The van der Waals surface area contributed by atoms with Crippen LogP contribution in [0.2, 0.25) is 0 Å². The van der Waals surface area contributed by atoms with Gasteiger partial charge in [-0.05, 0) is 24.0 Å². The Hall–Kier alpha value is -1.75. The molecular weight excluding hydrogens is 244 g/mol. The predicted octanol–water partition coefficient (Wildman–Crippen LogP) is 1.50. The van der Waals surface area contributed by atoms with Crippen molar-refractivity contribution in [2.75, 3.05) is 12.3 Å². The first kappa shape index (κ1) is 15.3. The molecule has 0 fully saturated rings. The lowest BCUT2D eigenvalue weighted by Crippen LogP contribution is -2.44. The Morgan fingerprint density at radius 2 is 2.05 bits per heavy atom. The van der Waals surface area contributed by atoms with Crippen molar-refractivity contribution in [3.63, 3.8) is 0 Å². The number of hydrogen-bond donors (Lipinski definition) is 4. The number of nitrogens with one attached hydrogen (secondary N) is 1. The van der Waals surface area contributed by atoms with E-state index in [0.717, 1.165) is 0 Å². The first-order chi connectivity index (χ1) is 8.77. The van der Waals surface area contributed by atoms with Crippen LogP contribution in [0.1, 0.15) is 37.6 Å². The molecule has 1 unspecified atom stereocenters. The van der Waals surface area contributed by atoms with Crippen LogP contribution in [0.25, 0.3) is 0 Å². The monoisotopic (exact) mass is 266 g/mol. The van der Waals surface area contributed by atoms with Crippen molar-refractivity contribution in [3.8, 4) is 5.75 Å².